The molecular formula is C11H9N3. The molecule has 3 heteroatoms. The minimum atomic E-state index is 0.663. The zero-order chi connectivity index (χ0) is 9.97. The van der Waals surface area contributed by atoms with Crippen LogP contribution in [0.25, 0.3) is 5.69 Å². The lowest BCUT2D eigenvalue weighted by Gasteiger charge is -2.04. The Morgan fingerprint density at radius 1 is 1.43 bits per heavy atom. The molecule has 0 aliphatic carbocycles. The van der Waals surface area contributed by atoms with Gasteiger partial charge in [-0.1, -0.05) is 6.07 Å². The summed E-state index contributed by atoms with van der Waals surface area (Å²) in [7, 11) is 0. The molecule has 0 saturated carbocycles. The molecule has 0 bridgehead atoms. The normalized spacial score (nSPS) is 9.71. The number of rotatable bonds is 1. The molecule has 2 aromatic rings. The van der Waals surface area contributed by atoms with E-state index in [9.17, 15) is 0 Å². The van der Waals surface area contributed by atoms with Crippen molar-refractivity contribution in [3.05, 3.63) is 48.0 Å². The van der Waals surface area contributed by atoms with E-state index in [1.807, 2.05) is 35.9 Å². The lowest BCUT2D eigenvalue weighted by atomic mass is 10.2. The second kappa shape index (κ2) is 3.35. The fraction of sp³-hybridized carbons (Fsp3) is 0.0909. The van der Waals surface area contributed by atoms with Crippen LogP contribution in [0, 0.1) is 18.3 Å². The van der Waals surface area contributed by atoms with Gasteiger partial charge in [0.15, 0.2) is 0 Å². The van der Waals surface area contributed by atoms with Gasteiger partial charge in [0, 0.05) is 18.1 Å². The molecule has 68 valence electrons. The molecule has 14 heavy (non-hydrogen) atoms. The Bertz CT molecular complexity index is 491. The molecule has 1 aromatic carbocycles. The molecular weight excluding hydrogens is 174 g/mol. The summed E-state index contributed by atoms with van der Waals surface area (Å²) in [4.78, 5) is 4.13. The van der Waals surface area contributed by atoms with Gasteiger partial charge in [-0.15, -0.1) is 0 Å². The van der Waals surface area contributed by atoms with Gasteiger partial charge in [0.25, 0.3) is 0 Å². The predicted octanol–water partition coefficient (Wildman–Crippen LogP) is 2.05. The first-order chi connectivity index (χ1) is 6.81. The average molecular weight is 183 g/mol. The molecule has 0 aliphatic rings. The third kappa shape index (κ3) is 1.38. The van der Waals surface area contributed by atoms with Gasteiger partial charge in [-0.2, -0.15) is 5.26 Å². The SMILES string of the molecule is Cc1nccn1-c1cccc(C#N)c1. The van der Waals surface area contributed by atoms with Gasteiger partial charge in [-0.05, 0) is 25.1 Å². The van der Waals surface area contributed by atoms with Crippen LogP contribution in [0.3, 0.4) is 0 Å². The Kier molecular flexibility index (Phi) is 2.04. The number of nitrogens with zero attached hydrogens (tertiary/aromatic N) is 3. The first kappa shape index (κ1) is 8.52. The molecule has 0 unspecified atom stereocenters. The van der Waals surface area contributed by atoms with Gasteiger partial charge in [0.1, 0.15) is 5.82 Å². The van der Waals surface area contributed by atoms with E-state index in [1.165, 1.54) is 0 Å². The summed E-state index contributed by atoms with van der Waals surface area (Å²) in [5.41, 5.74) is 1.63. The fourth-order valence-corrected chi connectivity index (χ4v) is 1.38. The Hall–Kier alpha value is -2.08. The molecule has 0 atom stereocenters. The molecule has 0 radical (unpaired) electrons. The van der Waals surface area contributed by atoms with Crippen molar-refractivity contribution in [1.29, 1.82) is 5.26 Å². The molecule has 3 nitrogen and oxygen atoms in total. The highest BCUT2D eigenvalue weighted by Gasteiger charge is 2.00. The summed E-state index contributed by atoms with van der Waals surface area (Å²) in [5.74, 6) is 0.917. The maximum absolute atomic E-state index is 8.75. The van der Waals surface area contributed by atoms with E-state index in [2.05, 4.69) is 11.1 Å². The monoisotopic (exact) mass is 183 g/mol. The first-order valence-electron chi connectivity index (χ1n) is 4.32. The Labute approximate surface area is 82.2 Å². The van der Waals surface area contributed by atoms with Crippen LogP contribution >= 0.6 is 0 Å². The summed E-state index contributed by atoms with van der Waals surface area (Å²) in [6.07, 6.45) is 3.63. The minimum Gasteiger partial charge on any atom is -0.304 e. The Morgan fingerprint density at radius 2 is 2.29 bits per heavy atom. The van der Waals surface area contributed by atoms with Crippen molar-refractivity contribution < 1.29 is 0 Å². The second-order valence-corrected chi connectivity index (χ2v) is 3.01. The molecule has 0 amide bonds. The Morgan fingerprint density at radius 3 is 2.93 bits per heavy atom. The van der Waals surface area contributed by atoms with Crippen LogP contribution in [0.5, 0.6) is 0 Å². The van der Waals surface area contributed by atoms with Crippen molar-refractivity contribution in [3.8, 4) is 11.8 Å². The highest BCUT2D eigenvalue weighted by atomic mass is 15.1. The fourth-order valence-electron chi connectivity index (χ4n) is 1.38. The highest BCUT2D eigenvalue weighted by molar-refractivity contribution is 5.41. The zero-order valence-electron chi connectivity index (χ0n) is 7.81. The molecule has 2 rings (SSSR count). The van der Waals surface area contributed by atoms with Crippen LogP contribution in [0.2, 0.25) is 0 Å². The van der Waals surface area contributed by atoms with E-state index in [0.717, 1.165) is 11.5 Å². The van der Waals surface area contributed by atoms with Crippen molar-refractivity contribution in [2.24, 2.45) is 0 Å². The quantitative estimate of drug-likeness (QED) is 0.679. The van der Waals surface area contributed by atoms with E-state index in [4.69, 9.17) is 5.26 Å². The maximum Gasteiger partial charge on any atom is 0.110 e. The summed E-state index contributed by atoms with van der Waals surface area (Å²) < 4.78 is 1.95. The predicted molar refractivity (Wildman–Crippen MR) is 53.0 cm³/mol. The van der Waals surface area contributed by atoms with Crippen molar-refractivity contribution in [2.75, 3.05) is 0 Å². The van der Waals surface area contributed by atoms with Gasteiger partial charge >= 0.3 is 0 Å². The lowest BCUT2D eigenvalue weighted by Crippen LogP contribution is -1.95. The topological polar surface area (TPSA) is 41.6 Å². The van der Waals surface area contributed by atoms with Gasteiger partial charge in [-0.25, -0.2) is 4.98 Å². The van der Waals surface area contributed by atoms with E-state index < -0.39 is 0 Å². The average Bonchev–Trinajstić information content (AvgIpc) is 2.65. The third-order valence-corrected chi connectivity index (χ3v) is 2.08. The number of nitriles is 1. The number of aryl methyl sites for hydroxylation is 1. The largest absolute Gasteiger partial charge is 0.304 e. The lowest BCUT2D eigenvalue weighted by molar-refractivity contribution is 0.974. The number of hydrogen-bond donors (Lipinski definition) is 0. The van der Waals surface area contributed by atoms with Crippen molar-refractivity contribution >= 4 is 0 Å². The molecule has 0 fully saturated rings. The summed E-state index contributed by atoms with van der Waals surface area (Å²) in [6, 6.07) is 9.57. The second-order valence-electron chi connectivity index (χ2n) is 3.01. The molecule has 1 heterocycles. The van der Waals surface area contributed by atoms with Gasteiger partial charge in [0.05, 0.1) is 11.6 Å². The van der Waals surface area contributed by atoms with Crippen molar-refractivity contribution in [2.45, 2.75) is 6.92 Å². The van der Waals surface area contributed by atoms with Crippen LogP contribution in [0.15, 0.2) is 36.7 Å². The highest BCUT2D eigenvalue weighted by Crippen LogP contribution is 2.11. The smallest absolute Gasteiger partial charge is 0.110 e. The number of hydrogen-bond acceptors (Lipinski definition) is 2. The first-order valence-corrected chi connectivity index (χ1v) is 4.32. The molecule has 0 aliphatic heterocycles. The third-order valence-electron chi connectivity index (χ3n) is 2.08. The van der Waals surface area contributed by atoms with Crippen LogP contribution in [-0.2, 0) is 0 Å². The van der Waals surface area contributed by atoms with E-state index in [-0.39, 0.29) is 0 Å². The van der Waals surface area contributed by atoms with E-state index >= 15 is 0 Å². The minimum absolute atomic E-state index is 0.663. The zero-order valence-corrected chi connectivity index (χ0v) is 7.81. The summed E-state index contributed by atoms with van der Waals surface area (Å²) in [6.45, 7) is 1.93. The summed E-state index contributed by atoms with van der Waals surface area (Å²) >= 11 is 0. The van der Waals surface area contributed by atoms with E-state index in [0.29, 0.717) is 5.56 Å². The van der Waals surface area contributed by atoms with Gasteiger partial charge < -0.3 is 4.57 Å². The van der Waals surface area contributed by atoms with Gasteiger partial charge in [-0.3, -0.25) is 0 Å². The molecule has 1 aromatic heterocycles. The van der Waals surface area contributed by atoms with Crippen LogP contribution in [0.4, 0.5) is 0 Å². The maximum atomic E-state index is 8.75. The number of imidazole rings is 1. The molecule has 0 spiro atoms. The number of benzene rings is 1. The molecule has 0 saturated heterocycles. The van der Waals surface area contributed by atoms with Crippen molar-refractivity contribution in [1.82, 2.24) is 9.55 Å². The standard InChI is InChI=1S/C11H9N3/c1-9-13-5-6-14(9)11-4-2-3-10(7-11)8-12/h2-7H,1H3. The summed E-state index contributed by atoms with van der Waals surface area (Å²) in [5, 5.41) is 8.75. The van der Waals surface area contributed by atoms with Crippen molar-refractivity contribution in [3.63, 3.8) is 0 Å². The van der Waals surface area contributed by atoms with Crippen LogP contribution in [-0.4, -0.2) is 9.55 Å². The van der Waals surface area contributed by atoms with Crippen LogP contribution in [0.1, 0.15) is 11.4 Å². The molecule has 0 N–H and O–H groups in total. The number of aromatic nitrogens is 2. The van der Waals surface area contributed by atoms with Gasteiger partial charge in [0.2, 0.25) is 0 Å². The van der Waals surface area contributed by atoms with Crippen LogP contribution < -0.4 is 0 Å². The Balaban J connectivity index is 2.53. The van der Waals surface area contributed by atoms with E-state index in [1.54, 1.807) is 12.3 Å².